The van der Waals surface area contributed by atoms with Gasteiger partial charge >= 0.3 is 0 Å². The molecule has 0 fully saturated rings. The van der Waals surface area contributed by atoms with Crippen molar-refractivity contribution < 1.29 is 4.42 Å². The highest BCUT2D eigenvalue weighted by Gasteiger charge is 2.15. The van der Waals surface area contributed by atoms with Crippen LogP contribution in [0.5, 0.6) is 0 Å². The molecule has 1 unspecified atom stereocenters. The fourth-order valence-electron chi connectivity index (χ4n) is 2.19. The number of hydrogen-bond donors (Lipinski definition) is 1. The van der Waals surface area contributed by atoms with Crippen LogP contribution in [-0.2, 0) is 0 Å². The Morgan fingerprint density at radius 2 is 2.19 bits per heavy atom. The molecule has 16 heavy (non-hydrogen) atoms. The summed E-state index contributed by atoms with van der Waals surface area (Å²) in [6.45, 7) is 0. The van der Waals surface area contributed by atoms with Crippen LogP contribution < -0.4 is 5.32 Å². The Balaban J connectivity index is 1.95. The molecule has 3 rings (SSSR count). The largest absolute Gasteiger partial charge is 0.459 e. The number of hydrogen-bond acceptors (Lipinski definition) is 2. The zero-order valence-corrected chi connectivity index (χ0v) is 9.15. The molecule has 0 saturated carbocycles. The molecule has 2 aromatic rings. The van der Waals surface area contributed by atoms with Gasteiger partial charge in [-0.2, -0.15) is 0 Å². The summed E-state index contributed by atoms with van der Waals surface area (Å²) >= 11 is 0. The molecule has 1 aromatic heterocycles. The lowest BCUT2D eigenvalue weighted by Crippen LogP contribution is -2.12. The van der Waals surface area contributed by atoms with Crippen LogP contribution in [0, 0.1) is 0 Å². The minimum atomic E-state index is 0.325. The molecule has 82 valence electrons. The van der Waals surface area contributed by atoms with Crippen molar-refractivity contribution in [2.75, 3.05) is 0 Å². The monoisotopic (exact) mass is 213 g/mol. The summed E-state index contributed by atoms with van der Waals surface area (Å²) in [5.74, 6) is 1.05. The highest BCUT2D eigenvalue weighted by molar-refractivity contribution is 5.77. The highest BCUT2D eigenvalue weighted by atomic mass is 16.3. The number of nitrogens with one attached hydrogen (secondary N) is 1. The molecule has 0 saturated heterocycles. The Morgan fingerprint density at radius 3 is 3.12 bits per heavy atom. The standard InChI is InChI=1S/C14H15NO/c1-2-7-12(15-9-5-1)14-10-11-6-3-4-8-13(11)16-14/h3-6,8-10,12,15H,1-2,7H2. The number of benzene rings is 1. The molecule has 1 atom stereocenters. The van der Waals surface area contributed by atoms with E-state index in [-0.39, 0.29) is 0 Å². The Labute approximate surface area is 95.0 Å². The van der Waals surface area contributed by atoms with Crippen LogP contribution in [0.1, 0.15) is 31.1 Å². The number of allylic oxidation sites excluding steroid dienone is 1. The van der Waals surface area contributed by atoms with Crippen LogP contribution in [0.2, 0.25) is 0 Å². The van der Waals surface area contributed by atoms with Gasteiger partial charge in [-0.15, -0.1) is 0 Å². The summed E-state index contributed by atoms with van der Waals surface area (Å²) < 4.78 is 5.87. The summed E-state index contributed by atoms with van der Waals surface area (Å²) in [5.41, 5.74) is 0.979. The smallest absolute Gasteiger partial charge is 0.134 e. The van der Waals surface area contributed by atoms with Crippen molar-refractivity contribution in [3.63, 3.8) is 0 Å². The van der Waals surface area contributed by atoms with E-state index in [4.69, 9.17) is 4.42 Å². The minimum Gasteiger partial charge on any atom is -0.459 e. The third-order valence-corrected chi connectivity index (χ3v) is 3.07. The molecule has 0 spiro atoms. The molecule has 0 amide bonds. The first-order chi connectivity index (χ1) is 7.93. The molecular weight excluding hydrogens is 198 g/mol. The van der Waals surface area contributed by atoms with Crippen molar-refractivity contribution in [2.24, 2.45) is 0 Å². The van der Waals surface area contributed by atoms with E-state index in [2.05, 4.69) is 23.5 Å². The second-order valence-electron chi connectivity index (χ2n) is 4.24. The summed E-state index contributed by atoms with van der Waals surface area (Å²) in [5, 5.41) is 4.57. The number of para-hydroxylation sites is 1. The maximum Gasteiger partial charge on any atom is 0.134 e. The fraction of sp³-hybridized carbons (Fsp3) is 0.286. The van der Waals surface area contributed by atoms with Crippen LogP contribution in [0.4, 0.5) is 0 Å². The molecule has 0 radical (unpaired) electrons. The van der Waals surface area contributed by atoms with Gasteiger partial charge in [0.05, 0.1) is 6.04 Å². The van der Waals surface area contributed by atoms with Gasteiger partial charge < -0.3 is 9.73 Å². The van der Waals surface area contributed by atoms with Gasteiger partial charge in [0.15, 0.2) is 0 Å². The summed E-state index contributed by atoms with van der Waals surface area (Å²) in [6.07, 6.45) is 7.73. The first kappa shape index (κ1) is 9.52. The van der Waals surface area contributed by atoms with E-state index in [1.807, 2.05) is 24.4 Å². The van der Waals surface area contributed by atoms with Crippen molar-refractivity contribution >= 4 is 11.0 Å². The Morgan fingerprint density at radius 1 is 1.25 bits per heavy atom. The van der Waals surface area contributed by atoms with Gasteiger partial charge in [-0.3, -0.25) is 0 Å². The van der Waals surface area contributed by atoms with Gasteiger partial charge in [-0.25, -0.2) is 0 Å². The molecular formula is C14H15NO. The Kier molecular flexibility index (Phi) is 2.41. The van der Waals surface area contributed by atoms with Gasteiger partial charge in [-0.1, -0.05) is 24.3 Å². The SMILES string of the molecule is C1=CNC(c2cc3ccccc3o2)CCC1. The first-order valence-electron chi connectivity index (χ1n) is 5.83. The van der Waals surface area contributed by atoms with E-state index in [1.165, 1.54) is 11.8 Å². The van der Waals surface area contributed by atoms with E-state index in [0.717, 1.165) is 24.2 Å². The second-order valence-corrected chi connectivity index (χ2v) is 4.24. The van der Waals surface area contributed by atoms with Crippen LogP contribution in [0.25, 0.3) is 11.0 Å². The Hall–Kier alpha value is -1.70. The number of rotatable bonds is 1. The molecule has 2 heteroatoms. The van der Waals surface area contributed by atoms with Gasteiger partial charge in [0.25, 0.3) is 0 Å². The molecule has 1 aromatic carbocycles. The van der Waals surface area contributed by atoms with Crippen molar-refractivity contribution in [1.29, 1.82) is 0 Å². The molecule has 1 aliphatic rings. The maximum absolute atomic E-state index is 5.87. The maximum atomic E-state index is 5.87. The predicted octanol–water partition coefficient (Wildman–Crippen LogP) is 3.76. The zero-order chi connectivity index (χ0) is 10.8. The molecule has 0 bridgehead atoms. The second kappa shape index (κ2) is 4.05. The summed E-state index contributed by atoms with van der Waals surface area (Å²) in [4.78, 5) is 0. The van der Waals surface area contributed by atoms with Gasteiger partial charge in [0.2, 0.25) is 0 Å². The van der Waals surface area contributed by atoms with Crippen molar-refractivity contribution in [3.8, 4) is 0 Å². The van der Waals surface area contributed by atoms with Crippen LogP contribution in [0.3, 0.4) is 0 Å². The summed E-state index contributed by atoms with van der Waals surface area (Å²) in [7, 11) is 0. The minimum absolute atomic E-state index is 0.325. The topological polar surface area (TPSA) is 25.2 Å². The predicted molar refractivity (Wildman–Crippen MR) is 65.1 cm³/mol. The third-order valence-electron chi connectivity index (χ3n) is 3.07. The average Bonchev–Trinajstić information content (AvgIpc) is 2.56. The van der Waals surface area contributed by atoms with E-state index < -0.39 is 0 Å². The number of furan rings is 1. The van der Waals surface area contributed by atoms with E-state index in [1.54, 1.807) is 0 Å². The third kappa shape index (κ3) is 1.71. The zero-order valence-electron chi connectivity index (χ0n) is 9.15. The van der Waals surface area contributed by atoms with Crippen molar-refractivity contribution in [3.05, 3.63) is 48.4 Å². The van der Waals surface area contributed by atoms with Gasteiger partial charge in [-0.05, 0) is 37.6 Å². The average molecular weight is 213 g/mol. The fourth-order valence-corrected chi connectivity index (χ4v) is 2.19. The Bertz CT molecular complexity index is 479. The molecule has 2 nitrogen and oxygen atoms in total. The van der Waals surface area contributed by atoms with Crippen molar-refractivity contribution in [1.82, 2.24) is 5.32 Å². The van der Waals surface area contributed by atoms with Gasteiger partial charge in [0, 0.05) is 5.39 Å². The molecule has 2 heterocycles. The summed E-state index contributed by atoms with van der Waals surface area (Å²) in [6, 6.07) is 10.6. The highest BCUT2D eigenvalue weighted by Crippen LogP contribution is 2.27. The quantitative estimate of drug-likeness (QED) is 0.780. The van der Waals surface area contributed by atoms with E-state index >= 15 is 0 Å². The molecule has 1 N–H and O–H groups in total. The molecule has 1 aliphatic heterocycles. The normalized spacial score (nSPS) is 20.6. The number of fused-ring (bicyclic) bond motifs is 1. The lowest BCUT2D eigenvalue weighted by molar-refractivity contribution is 0.442. The van der Waals surface area contributed by atoms with Crippen molar-refractivity contribution in [2.45, 2.75) is 25.3 Å². The van der Waals surface area contributed by atoms with E-state index in [9.17, 15) is 0 Å². The van der Waals surface area contributed by atoms with Crippen LogP contribution >= 0.6 is 0 Å². The van der Waals surface area contributed by atoms with Crippen LogP contribution in [-0.4, -0.2) is 0 Å². The van der Waals surface area contributed by atoms with Crippen LogP contribution in [0.15, 0.2) is 47.0 Å². The van der Waals surface area contributed by atoms with Gasteiger partial charge in [0.1, 0.15) is 11.3 Å². The lowest BCUT2D eigenvalue weighted by atomic mass is 10.1. The van der Waals surface area contributed by atoms with E-state index in [0.29, 0.717) is 6.04 Å². The molecule has 0 aliphatic carbocycles. The lowest BCUT2D eigenvalue weighted by Gasteiger charge is -2.11. The first-order valence-corrected chi connectivity index (χ1v) is 5.83.